The van der Waals surface area contributed by atoms with E-state index in [0.29, 0.717) is 39.0 Å². The summed E-state index contributed by atoms with van der Waals surface area (Å²) in [5, 5.41) is 12.6. The van der Waals surface area contributed by atoms with Crippen molar-refractivity contribution in [3.8, 4) is 17.6 Å². The molecule has 1 N–H and O–H groups in total. The summed E-state index contributed by atoms with van der Waals surface area (Å²) in [6, 6.07) is 20.0. The molecule has 4 rings (SSSR count). The van der Waals surface area contributed by atoms with Crippen molar-refractivity contribution in [1.29, 1.82) is 5.26 Å². The minimum absolute atomic E-state index is 0.0927. The Hall–Kier alpha value is -4.28. The van der Waals surface area contributed by atoms with E-state index in [1.165, 1.54) is 14.2 Å². The predicted octanol–water partition coefficient (Wildman–Crippen LogP) is 4.63. The molecular formula is C25H18ClN3O4. The number of rotatable bonds is 6. The topological polar surface area (TPSA) is 91.7 Å². The number of methoxy groups -OCH3 is 2. The van der Waals surface area contributed by atoms with Gasteiger partial charge < -0.3 is 14.8 Å². The highest BCUT2D eigenvalue weighted by Crippen LogP contribution is 2.37. The number of carbonyl (C=O) groups is 2. The quantitative estimate of drug-likeness (QED) is 0.540. The number of anilines is 2. The molecule has 0 atom stereocenters. The van der Waals surface area contributed by atoms with Crippen LogP contribution in [0.4, 0.5) is 11.4 Å². The first-order chi connectivity index (χ1) is 16.0. The molecule has 0 unspecified atom stereocenters. The van der Waals surface area contributed by atoms with Gasteiger partial charge in [0.05, 0.1) is 42.8 Å². The molecule has 2 amide bonds. The number of nitrogens with zero attached hydrogens (tertiary/aromatic N) is 2. The fraction of sp³-hybridized carbons (Fsp3) is 0.0800. The first-order valence-electron chi connectivity index (χ1n) is 9.85. The monoisotopic (exact) mass is 459 g/mol. The summed E-state index contributed by atoms with van der Waals surface area (Å²) >= 11 is 6.02. The van der Waals surface area contributed by atoms with Gasteiger partial charge in [-0.3, -0.25) is 9.59 Å². The number of hydrogen-bond acceptors (Lipinski definition) is 6. The van der Waals surface area contributed by atoms with Gasteiger partial charge in [-0.1, -0.05) is 23.7 Å². The van der Waals surface area contributed by atoms with Gasteiger partial charge >= 0.3 is 0 Å². The molecule has 1 heterocycles. The van der Waals surface area contributed by atoms with Crippen molar-refractivity contribution in [3.63, 3.8) is 0 Å². The molecule has 0 spiro atoms. The van der Waals surface area contributed by atoms with Crippen molar-refractivity contribution in [2.75, 3.05) is 24.4 Å². The molecule has 0 saturated carbocycles. The highest BCUT2D eigenvalue weighted by molar-refractivity contribution is 6.46. The van der Waals surface area contributed by atoms with Gasteiger partial charge in [-0.05, 0) is 54.1 Å². The third-order valence-electron chi connectivity index (χ3n) is 5.14. The van der Waals surface area contributed by atoms with E-state index in [1.807, 2.05) is 6.07 Å². The van der Waals surface area contributed by atoms with Crippen LogP contribution in [0.25, 0.3) is 5.57 Å². The van der Waals surface area contributed by atoms with Gasteiger partial charge in [0, 0.05) is 11.1 Å². The Morgan fingerprint density at radius 3 is 2.21 bits per heavy atom. The summed E-state index contributed by atoms with van der Waals surface area (Å²) in [6.45, 7) is 0. The number of nitriles is 1. The van der Waals surface area contributed by atoms with E-state index in [9.17, 15) is 9.59 Å². The molecule has 1 aliphatic heterocycles. The lowest BCUT2D eigenvalue weighted by Crippen LogP contribution is -2.32. The summed E-state index contributed by atoms with van der Waals surface area (Å²) in [5.74, 6) is -0.0127. The molecule has 1 aliphatic rings. The average molecular weight is 460 g/mol. The standard InChI is InChI=1S/C25H18ClN3O4/c1-32-19-11-12-20(21(13-19)33-2)28-23-22(16-5-7-17(26)8-6-16)24(30)29(25(23)31)18-9-3-15(14-27)4-10-18/h3-13,28H,1-2H3. The van der Waals surface area contributed by atoms with Crippen LogP contribution in [0.2, 0.25) is 5.02 Å². The minimum Gasteiger partial charge on any atom is -0.497 e. The molecular weight excluding hydrogens is 442 g/mol. The van der Waals surface area contributed by atoms with Crippen molar-refractivity contribution in [1.82, 2.24) is 0 Å². The number of hydrogen-bond donors (Lipinski definition) is 1. The smallest absolute Gasteiger partial charge is 0.282 e. The van der Waals surface area contributed by atoms with Crippen molar-refractivity contribution < 1.29 is 19.1 Å². The molecule has 164 valence electrons. The van der Waals surface area contributed by atoms with Crippen molar-refractivity contribution in [2.24, 2.45) is 0 Å². The average Bonchev–Trinajstić information content (AvgIpc) is 3.09. The van der Waals surface area contributed by atoms with E-state index >= 15 is 0 Å². The summed E-state index contributed by atoms with van der Waals surface area (Å²) in [6.07, 6.45) is 0. The Morgan fingerprint density at radius 2 is 1.61 bits per heavy atom. The largest absolute Gasteiger partial charge is 0.497 e. The zero-order chi connectivity index (χ0) is 23.5. The number of ether oxygens (including phenoxy) is 2. The number of imide groups is 1. The lowest BCUT2D eigenvalue weighted by Gasteiger charge is -2.16. The number of benzene rings is 3. The van der Waals surface area contributed by atoms with Crippen LogP contribution < -0.4 is 19.7 Å². The fourth-order valence-corrected chi connectivity index (χ4v) is 3.61. The lowest BCUT2D eigenvalue weighted by molar-refractivity contribution is -0.120. The Labute approximate surface area is 195 Å². The van der Waals surface area contributed by atoms with Gasteiger partial charge in [0.15, 0.2) is 0 Å². The minimum atomic E-state index is -0.535. The van der Waals surface area contributed by atoms with Crippen LogP contribution in [0.3, 0.4) is 0 Å². The van der Waals surface area contributed by atoms with Crippen LogP contribution >= 0.6 is 11.6 Å². The summed E-state index contributed by atoms with van der Waals surface area (Å²) in [7, 11) is 3.04. The summed E-state index contributed by atoms with van der Waals surface area (Å²) in [5.41, 5.74) is 2.08. The second-order valence-corrected chi connectivity index (χ2v) is 7.49. The molecule has 8 heteroatoms. The number of halogens is 1. The fourth-order valence-electron chi connectivity index (χ4n) is 3.49. The Balaban J connectivity index is 1.82. The Bertz CT molecular complexity index is 1310. The second-order valence-electron chi connectivity index (χ2n) is 7.05. The highest BCUT2D eigenvalue weighted by atomic mass is 35.5. The van der Waals surface area contributed by atoms with Crippen LogP contribution in [0, 0.1) is 11.3 Å². The molecule has 3 aromatic rings. The molecule has 0 radical (unpaired) electrons. The van der Waals surface area contributed by atoms with Crippen LogP contribution in [-0.2, 0) is 9.59 Å². The van der Waals surface area contributed by atoms with E-state index in [0.717, 1.165) is 4.90 Å². The molecule has 0 fully saturated rings. The third-order valence-corrected chi connectivity index (χ3v) is 5.39. The van der Waals surface area contributed by atoms with Crippen molar-refractivity contribution in [3.05, 3.63) is 88.6 Å². The highest BCUT2D eigenvalue weighted by Gasteiger charge is 2.40. The van der Waals surface area contributed by atoms with E-state index in [4.69, 9.17) is 26.3 Å². The molecule has 0 aliphatic carbocycles. The maximum Gasteiger partial charge on any atom is 0.282 e. The first kappa shape index (κ1) is 21.9. The van der Waals surface area contributed by atoms with E-state index in [1.54, 1.807) is 66.7 Å². The van der Waals surface area contributed by atoms with Crippen molar-refractivity contribution >= 4 is 40.4 Å². The normalized spacial score (nSPS) is 13.2. The first-order valence-corrected chi connectivity index (χ1v) is 10.2. The maximum absolute atomic E-state index is 13.5. The molecule has 0 saturated heterocycles. The second kappa shape index (κ2) is 9.07. The Morgan fingerprint density at radius 1 is 0.909 bits per heavy atom. The van der Waals surface area contributed by atoms with Gasteiger partial charge in [-0.15, -0.1) is 0 Å². The van der Waals surface area contributed by atoms with Gasteiger partial charge in [0.25, 0.3) is 11.8 Å². The van der Waals surface area contributed by atoms with Gasteiger partial charge in [0.2, 0.25) is 0 Å². The Kier molecular flexibility index (Phi) is 6.03. The van der Waals surface area contributed by atoms with Gasteiger partial charge in [0.1, 0.15) is 17.2 Å². The number of amides is 2. The van der Waals surface area contributed by atoms with E-state index in [2.05, 4.69) is 5.32 Å². The number of nitrogens with one attached hydrogen (secondary N) is 1. The predicted molar refractivity (Wildman–Crippen MR) is 125 cm³/mol. The van der Waals surface area contributed by atoms with Crippen LogP contribution in [-0.4, -0.2) is 26.0 Å². The van der Waals surface area contributed by atoms with Crippen molar-refractivity contribution in [2.45, 2.75) is 0 Å². The van der Waals surface area contributed by atoms with Crippen LogP contribution in [0.15, 0.2) is 72.4 Å². The summed E-state index contributed by atoms with van der Waals surface area (Å²) < 4.78 is 10.7. The zero-order valence-electron chi connectivity index (χ0n) is 17.8. The maximum atomic E-state index is 13.5. The SMILES string of the molecule is COc1ccc(NC2=C(c3ccc(Cl)cc3)C(=O)N(c3ccc(C#N)cc3)C2=O)c(OC)c1. The van der Waals surface area contributed by atoms with Crippen LogP contribution in [0.5, 0.6) is 11.5 Å². The van der Waals surface area contributed by atoms with Gasteiger partial charge in [-0.2, -0.15) is 5.26 Å². The molecule has 0 aromatic heterocycles. The van der Waals surface area contributed by atoms with E-state index < -0.39 is 11.8 Å². The molecule has 33 heavy (non-hydrogen) atoms. The van der Waals surface area contributed by atoms with Gasteiger partial charge in [-0.25, -0.2) is 4.90 Å². The molecule has 0 bridgehead atoms. The summed E-state index contributed by atoms with van der Waals surface area (Å²) in [4.78, 5) is 28.0. The molecule has 7 nitrogen and oxygen atoms in total. The van der Waals surface area contributed by atoms with Crippen LogP contribution in [0.1, 0.15) is 11.1 Å². The molecule has 3 aromatic carbocycles. The number of carbonyl (C=O) groups excluding carboxylic acids is 2. The third kappa shape index (κ3) is 4.12. The van der Waals surface area contributed by atoms with E-state index in [-0.39, 0.29) is 11.3 Å². The lowest BCUT2D eigenvalue weighted by atomic mass is 10.0. The zero-order valence-corrected chi connectivity index (χ0v) is 18.5.